The number of aromatic nitrogens is 2. The van der Waals surface area contributed by atoms with Crippen molar-refractivity contribution in [1.29, 1.82) is 0 Å². The number of hydrogen-bond donors (Lipinski definition) is 2. The third-order valence-corrected chi connectivity index (χ3v) is 6.97. The summed E-state index contributed by atoms with van der Waals surface area (Å²) in [5.41, 5.74) is 1.36. The quantitative estimate of drug-likeness (QED) is 0.533. The van der Waals surface area contributed by atoms with Gasteiger partial charge in [0, 0.05) is 30.9 Å². The van der Waals surface area contributed by atoms with Gasteiger partial charge in [-0.25, -0.2) is 4.98 Å². The lowest BCUT2D eigenvalue weighted by Gasteiger charge is -2.38. The first-order chi connectivity index (χ1) is 17.4. The molecule has 10 nitrogen and oxygen atoms in total. The molecule has 5 rings (SSSR count). The molecule has 3 aromatic heterocycles. The first-order valence-electron chi connectivity index (χ1n) is 11.9. The highest BCUT2D eigenvalue weighted by atomic mass is 35.5. The zero-order valence-corrected chi connectivity index (χ0v) is 20.5. The molecule has 4 heterocycles. The minimum absolute atomic E-state index is 0.00725. The van der Waals surface area contributed by atoms with E-state index in [0.29, 0.717) is 53.5 Å². The first kappa shape index (κ1) is 24.2. The lowest BCUT2D eigenvalue weighted by Crippen LogP contribution is -2.49. The summed E-state index contributed by atoms with van der Waals surface area (Å²) in [5.74, 6) is -0.704. The number of aryl methyl sites for hydroxylation is 1. The van der Waals surface area contributed by atoms with Crippen molar-refractivity contribution in [2.45, 2.75) is 38.6 Å². The molecule has 0 spiro atoms. The number of fused-ring (bicyclic) bond motifs is 1. The van der Waals surface area contributed by atoms with Crippen LogP contribution in [0, 0.1) is 12.8 Å². The normalized spacial score (nSPS) is 20.4. The van der Waals surface area contributed by atoms with Crippen molar-refractivity contribution >= 4 is 51.8 Å². The Morgan fingerprint density at radius 2 is 1.92 bits per heavy atom. The number of pyridine rings is 2. The minimum atomic E-state index is -0.551. The number of rotatable bonds is 5. The van der Waals surface area contributed by atoms with Gasteiger partial charge < -0.3 is 24.7 Å². The smallest absolute Gasteiger partial charge is 0.294 e. The molecule has 1 aliphatic carbocycles. The maximum atomic E-state index is 13.3. The van der Waals surface area contributed by atoms with Crippen LogP contribution < -0.4 is 10.6 Å². The Balaban J connectivity index is 1.33. The predicted molar refractivity (Wildman–Crippen MR) is 133 cm³/mol. The molecule has 0 radical (unpaired) electrons. The fourth-order valence-electron chi connectivity index (χ4n) is 4.90. The molecule has 36 heavy (non-hydrogen) atoms. The Bertz CT molecular complexity index is 1300. The van der Waals surface area contributed by atoms with Gasteiger partial charge >= 0.3 is 0 Å². The standard InChI is InChI=1S/C25H26ClN5O5/c1-14-21-18(8-9-27-14)36-23(25(34)29-19-7-4-16(26)12-28-19)22(21)30-24(33)15-2-5-17(6-3-15)31-10-11-35-13-20(31)32/h4,7-9,12,15,17H,2-3,5-6,10-11,13H2,1H3,(H,30,33)(H,28,29,34). The van der Waals surface area contributed by atoms with E-state index < -0.39 is 5.91 Å². The van der Waals surface area contributed by atoms with Crippen LogP contribution in [0.2, 0.25) is 5.02 Å². The largest absolute Gasteiger partial charge is 0.448 e. The second-order valence-corrected chi connectivity index (χ2v) is 9.46. The molecule has 2 fully saturated rings. The highest BCUT2D eigenvalue weighted by Gasteiger charge is 2.34. The number of ether oxygens (including phenoxy) is 1. The van der Waals surface area contributed by atoms with Gasteiger partial charge in [-0.05, 0) is 50.8 Å². The number of halogens is 1. The van der Waals surface area contributed by atoms with E-state index in [1.165, 1.54) is 6.20 Å². The molecule has 1 saturated heterocycles. The van der Waals surface area contributed by atoms with Crippen LogP contribution in [0.5, 0.6) is 0 Å². The van der Waals surface area contributed by atoms with E-state index in [2.05, 4.69) is 20.6 Å². The van der Waals surface area contributed by atoms with E-state index in [-0.39, 0.29) is 41.8 Å². The summed E-state index contributed by atoms with van der Waals surface area (Å²) < 4.78 is 11.1. The van der Waals surface area contributed by atoms with Crippen LogP contribution in [0.15, 0.2) is 35.0 Å². The van der Waals surface area contributed by atoms with Gasteiger partial charge in [-0.1, -0.05) is 11.6 Å². The molecule has 3 aromatic rings. The molecule has 11 heteroatoms. The Kier molecular flexibility index (Phi) is 6.88. The average Bonchev–Trinajstić information content (AvgIpc) is 3.25. The molecule has 0 atom stereocenters. The Hall–Kier alpha value is -3.50. The van der Waals surface area contributed by atoms with Gasteiger partial charge in [-0.3, -0.25) is 19.4 Å². The van der Waals surface area contributed by atoms with Crippen LogP contribution in [0.3, 0.4) is 0 Å². The van der Waals surface area contributed by atoms with Crippen molar-refractivity contribution in [1.82, 2.24) is 14.9 Å². The number of nitrogens with one attached hydrogen (secondary N) is 2. The van der Waals surface area contributed by atoms with Crippen molar-refractivity contribution < 1.29 is 23.5 Å². The molecule has 1 saturated carbocycles. The number of nitrogens with zero attached hydrogens (tertiary/aromatic N) is 3. The van der Waals surface area contributed by atoms with E-state index in [1.54, 1.807) is 31.3 Å². The first-order valence-corrected chi connectivity index (χ1v) is 12.3. The van der Waals surface area contributed by atoms with E-state index in [9.17, 15) is 14.4 Å². The zero-order valence-electron chi connectivity index (χ0n) is 19.8. The summed E-state index contributed by atoms with van der Waals surface area (Å²) in [6.45, 7) is 3.05. The Labute approximate surface area is 212 Å². The van der Waals surface area contributed by atoms with E-state index in [4.69, 9.17) is 20.8 Å². The number of carbonyl (C=O) groups excluding carboxylic acids is 3. The fraction of sp³-hybridized carbons (Fsp3) is 0.400. The van der Waals surface area contributed by atoms with Gasteiger partial charge in [-0.2, -0.15) is 0 Å². The third-order valence-electron chi connectivity index (χ3n) is 6.75. The molecule has 0 aromatic carbocycles. The van der Waals surface area contributed by atoms with E-state index in [0.717, 1.165) is 12.8 Å². The average molecular weight is 512 g/mol. The van der Waals surface area contributed by atoms with Crippen LogP contribution in [0.4, 0.5) is 11.5 Å². The molecular formula is C25H26ClN5O5. The number of furan rings is 1. The topological polar surface area (TPSA) is 127 Å². The molecule has 188 valence electrons. The highest BCUT2D eigenvalue weighted by molar-refractivity contribution is 6.30. The molecule has 3 amide bonds. The molecule has 1 aliphatic heterocycles. The molecule has 2 N–H and O–H groups in total. The number of amides is 3. The van der Waals surface area contributed by atoms with Gasteiger partial charge in [0.15, 0.2) is 0 Å². The maximum Gasteiger partial charge on any atom is 0.294 e. The van der Waals surface area contributed by atoms with E-state index in [1.807, 2.05) is 4.90 Å². The summed E-state index contributed by atoms with van der Waals surface area (Å²) in [4.78, 5) is 48.9. The maximum absolute atomic E-state index is 13.3. The third kappa shape index (κ3) is 4.91. The van der Waals surface area contributed by atoms with Gasteiger partial charge in [0.2, 0.25) is 17.6 Å². The predicted octanol–water partition coefficient (Wildman–Crippen LogP) is 3.79. The van der Waals surface area contributed by atoms with Gasteiger partial charge in [0.1, 0.15) is 23.7 Å². The minimum Gasteiger partial charge on any atom is -0.448 e. The van der Waals surface area contributed by atoms with Crippen LogP contribution in [0.1, 0.15) is 41.9 Å². The van der Waals surface area contributed by atoms with Crippen molar-refractivity contribution in [3.8, 4) is 0 Å². The van der Waals surface area contributed by atoms with Crippen molar-refractivity contribution in [2.75, 3.05) is 30.4 Å². The lowest BCUT2D eigenvalue weighted by molar-refractivity contribution is -0.146. The number of carbonyl (C=O) groups is 3. The molecule has 2 aliphatic rings. The molecule has 0 unspecified atom stereocenters. The molecule has 0 bridgehead atoms. The lowest BCUT2D eigenvalue weighted by atomic mass is 9.84. The van der Waals surface area contributed by atoms with Crippen LogP contribution >= 0.6 is 11.6 Å². The van der Waals surface area contributed by atoms with Gasteiger partial charge in [0.05, 0.1) is 22.7 Å². The summed E-state index contributed by atoms with van der Waals surface area (Å²) >= 11 is 5.88. The van der Waals surface area contributed by atoms with Crippen molar-refractivity contribution in [3.05, 3.63) is 47.1 Å². The number of anilines is 2. The van der Waals surface area contributed by atoms with Gasteiger partial charge in [-0.15, -0.1) is 0 Å². The SMILES string of the molecule is Cc1nccc2oc(C(=O)Nc3ccc(Cl)cn3)c(NC(=O)C3CCC(N4CCOCC4=O)CC3)c12. The van der Waals surface area contributed by atoms with Crippen molar-refractivity contribution in [3.63, 3.8) is 0 Å². The van der Waals surface area contributed by atoms with Crippen LogP contribution in [0.25, 0.3) is 11.0 Å². The monoisotopic (exact) mass is 511 g/mol. The molecular weight excluding hydrogens is 486 g/mol. The van der Waals surface area contributed by atoms with Crippen molar-refractivity contribution in [2.24, 2.45) is 5.92 Å². The summed E-state index contributed by atoms with van der Waals surface area (Å²) in [5, 5.41) is 6.65. The number of hydrogen-bond acceptors (Lipinski definition) is 7. The summed E-state index contributed by atoms with van der Waals surface area (Å²) in [6.07, 6.45) is 5.78. The van der Waals surface area contributed by atoms with E-state index >= 15 is 0 Å². The number of morpholine rings is 1. The zero-order chi connectivity index (χ0) is 25.2. The van der Waals surface area contributed by atoms with Crippen LogP contribution in [-0.2, 0) is 14.3 Å². The Morgan fingerprint density at radius 1 is 1.11 bits per heavy atom. The van der Waals surface area contributed by atoms with Crippen LogP contribution in [-0.4, -0.2) is 58.4 Å². The fourth-order valence-corrected chi connectivity index (χ4v) is 5.01. The Morgan fingerprint density at radius 3 is 2.64 bits per heavy atom. The summed E-state index contributed by atoms with van der Waals surface area (Å²) in [7, 11) is 0. The second kappa shape index (κ2) is 10.2. The van der Waals surface area contributed by atoms with Gasteiger partial charge in [0.25, 0.3) is 5.91 Å². The summed E-state index contributed by atoms with van der Waals surface area (Å²) in [6, 6.07) is 4.96. The second-order valence-electron chi connectivity index (χ2n) is 9.03. The highest BCUT2D eigenvalue weighted by Crippen LogP contribution is 2.35.